The highest BCUT2D eigenvalue weighted by Gasteiger charge is 2.66. The fourth-order valence-electron chi connectivity index (χ4n) is 9.17. The second kappa shape index (κ2) is 7.73. The van der Waals surface area contributed by atoms with Crippen molar-refractivity contribution in [2.45, 2.75) is 103 Å². The lowest BCUT2D eigenvalue weighted by Gasteiger charge is -2.68. The Kier molecular flexibility index (Phi) is 5.72. The van der Waals surface area contributed by atoms with Crippen molar-refractivity contribution in [1.29, 1.82) is 0 Å². The van der Waals surface area contributed by atoms with Crippen LogP contribution in [0.2, 0.25) is 0 Å². The molecule has 0 saturated heterocycles. The average Bonchev–Trinajstić information content (AvgIpc) is 3.02. The van der Waals surface area contributed by atoms with Gasteiger partial charge in [-0.2, -0.15) is 0 Å². The third-order valence-electron chi connectivity index (χ3n) is 10.9. The molecule has 4 rings (SSSR count). The lowest BCUT2D eigenvalue weighted by molar-refractivity contribution is -0.152. The second-order valence-corrected chi connectivity index (χ2v) is 11.6. The predicted molar refractivity (Wildman–Crippen MR) is 119 cm³/mol. The lowest BCUT2D eigenvalue weighted by Crippen LogP contribution is -2.71. The Balaban J connectivity index is 1.54. The molecule has 4 aliphatic rings. The van der Waals surface area contributed by atoms with E-state index in [4.69, 9.17) is 11.5 Å². The summed E-state index contributed by atoms with van der Waals surface area (Å²) in [6.07, 6.45) is 15.8. The second-order valence-electron chi connectivity index (χ2n) is 11.6. The maximum atomic E-state index is 11.0. The maximum absolute atomic E-state index is 11.0. The number of hydrogen-bond acceptors (Lipinski definition) is 2. The van der Waals surface area contributed by atoms with Crippen molar-refractivity contribution in [3.63, 3.8) is 0 Å². The quantitative estimate of drug-likeness (QED) is 0.551. The summed E-state index contributed by atoms with van der Waals surface area (Å²) in [7, 11) is 0. The number of fused-ring (bicyclic) bond motifs is 5. The first kappa shape index (κ1) is 21.5. The van der Waals surface area contributed by atoms with Gasteiger partial charge in [-0.25, -0.2) is 4.79 Å². The van der Waals surface area contributed by atoms with Gasteiger partial charge in [-0.05, 0) is 98.2 Å². The molecule has 5 N–H and O–H groups in total. The molecular formula is C25H45N3O. The van der Waals surface area contributed by atoms with E-state index in [2.05, 4.69) is 26.1 Å². The fourth-order valence-corrected chi connectivity index (χ4v) is 9.17. The largest absolute Gasteiger partial charge is 0.352 e. The molecular weight excluding hydrogens is 358 g/mol. The van der Waals surface area contributed by atoms with Crippen LogP contribution < -0.4 is 16.8 Å². The van der Waals surface area contributed by atoms with Crippen LogP contribution in [-0.2, 0) is 0 Å². The Morgan fingerprint density at radius 1 is 1.03 bits per heavy atom. The lowest BCUT2D eigenvalue weighted by atomic mass is 9.39. The van der Waals surface area contributed by atoms with E-state index in [0.29, 0.717) is 23.3 Å². The van der Waals surface area contributed by atoms with Gasteiger partial charge in [0, 0.05) is 12.1 Å². The number of hydrogen-bond donors (Lipinski definition) is 3. The van der Waals surface area contributed by atoms with Gasteiger partial charge in [-0.3, -0.25) is 0 Å². The summed E-state index contributed by atoms with van der Waals surface area (Å²) in [5.41, 5.74) is 13.6. The van der Waals surface area contributed by atoms with Crippen LogP contribution in [0, 0.1) is 40.4 Å². The Morgan fingerprint density at radius 3 is 2.55 bits per heavy atom. The summed E-state index contributed by atoms with van der Waals surface area (Å²) in [5.74, 6) is 4.01. The molecule has 0 aromatic carbocycles. The summed E-state index contributed by atoms with van der Waals surface area (Å²) in [6, 6.07) is -0.394. The number of carbonyl (C=O) groups excluding carboxylic acids is 1. The minimum Gasteiger partial charge on any atom is -0.352 e. The molecule has 0 aromatic rings. The number of amides is 2. The molecule has 0 aromatic heterocycles. The molecule has 4 aliphatic carbocycles. The highest BCUT2D eigenvalue weighted by Crippen LogP contribution is 2.69. The van der Waals surface area contributed by atoms with Gasteiger partial charge in [-0.1, -0.05) is 40.0 Å². The first-order chi connectivity index (χ1) is 13.8. The van der Waals surface area contributed by atoms with Crippen LogP contribution in [-0.4, -0.2) is 18.1 Å². The minimum atomic E-state index is -0.394. The first-order valence-electron chi connectivity index (χ1n) is 12.6. The molecule has 0 bridgehead atoms. The van der Waals surface area contributed by atoms with Crippen LogP contribution in [0.25, 0.3) is 0 Å². The molecule has 2 amide bonds. The van der Waals surface area contributed by atoms with Crippen LogP contribution >= 0.6 is 0 Å². The van der Waals surface area contributed by atoms with Crippen molar-refractivity contribution in [1.82, 2.24) is 5.32 Å². The smallest absolute Gasteiger partial charge is 0.312 e. The predicted octanol–water partition coefficient (Wildman–Crippen LogP) is 5.20. The SMILES string of the molecule is CC[C@H]1CC2C3CCC(CCCNC(N)=O)C3(C)CC[C@]2(N)C2(C)CCCCC12. The zero-order chi connectivity index (χ0) is 20.9. The molecule has 0 aliphatic heterocycles. The molecule has 4 saturated carbocycles. The topological polar surface area (TPSA) is 81.1 Å². The van der Waals surface area contributed by atoms with Crippen molar-refractivity contribution < 1.29 is 4.79 Å². The molecule has 4 nitrogen and oxygen atoms in total. The summed E-state index contributed by atoms with van der Waals surface area (Å²) in [5, 5.41) is 2.77. The van der Waals surface area contributed by atoms with E-state index < -0.39 is 6.03 Å². The van der Waals surface area contributed by atoms with E-state index in [0.717, 1.165) is 30.1 Å². The Labute approximate surface area is 178 Å². The van der Waals surface area contributed by atoms with Gasteiger partial charge in [0.05, 0.1) is 0 Å². The first-order valence-corrected chi connectivity index (χ1v) is 12.6. The third-order valence-corrected chi connectivity index (χ3v) is 10.9. The normalized spacial score (nSPS) is 49.0. The van der Waals surface area contributed by atoms with Gasteiger partial charge in [0.25, 0.3) is 0 Å². The van der Waals surface area contributed by atoms with E-state index in [1.807, 2.05) is 0 Å². The van der Waals surface area contributed by atoms with Crippen molar-refractivity contribution in [2.75, 3.05) is 6.54 Å². The summed E-state index contributed by atoms with van der Waals surface area (Å²) in [6.45, 7) is 8.33. The monoisotopic (exact) mass is 403 g/mol. The average molecular weight is 404 g/mol. The minimum absolute atomic E-state index is 0.0519. The van der Waals surface area contributed by atoms with E-state index >= 15 is 0 Å². The van der Waals surface area contributed by atoms with E-state index in [-0.39, 0.29) is 5.54 Å². The Bertz CT molecular complexity index is 623. The molecule has 0 spiro atoms. The Hall–Kier alpha value is -0.770. The maximum Gasteiger partial charge on any atom is 0.312 e. The van der Waals surface area contributed by atoms with Crippen molar-refractivity contribution in [2.24, 2.45) is 51.9 Å². The van der Waals surface area contributed by atoms with Crippen molar-refractivity contribution in [3.8, 4) is 0 Å². The van der Waals surface area contributed by atoms with Crippen molar-refractivity contribution in [3.05, 3.63) is 0 Å². The van der Waals surface area contributed by atoms with Gasteiger partial charge >= 0.3 is 6.03 Å². The molecule has 4 heteroatoms. The van der Waals surface area contributed by atoms with Gasteiger partial charge in [0.15, 0.2) is 0 Å². The molecule has 29 heavy (non-hydrogen) atoms. The van der Waals surface area contributed by atoms with Crippen LogP contribution in [0.4, 0.5) is 4.79 Å². The summed E-state index contributed by atoms with van der Waals surface area (Å²) < 4.78 is 0. The number of urea groups is 1. The Morgan fingerprint density at radius 2 is 1.83 bits per heavy atom. The van der Waals surface area contributed by atoms with E-state index in [1.54, 1.807) is 0 Å². The standard InChI is InChI=1S/C25H45N3O/c1-4-17-16-21-20-11-10-18(8-7-15-28-22(26)29)23(20,2)13-14-25(21,27)24(3)12-6-5-9-19(17)24/h17-21H,4-16,27H2,1-3H3,(H3,26,28,29)/t17-,18?,19?,20?,21?,23?,24?,25+/m0/s1. The number of nitrogens with one attached hydrogen (secondary N) is 1. The van der Waals surface area contributed by atoms with Crippen LogP contribution in [0.15, 0.2) is 0 Å². The molecule has 166 valence electrons. The van der Waals surface area contributed by atoms with Gasteiger partial charge in [-0.15, -0.1) is 0 Å². The molecule has 8 atom stereocenters. The van der Waals surface area contributed by atoms with E-state index in [9.17, 15) is 4.79 Å². The molecule has 6 unspecified atom stereocenters. The van der Waals surface area contributed by atoms with Gasteiger partial charge < -0.3 is 16.8 Å². The highest BCUT2D eigenvalue weighted by molar-refractivity contribution is 5.71. The molecule has 4 fully saturated rings. The highest BCUT2D eigenvalue weighted by atomic mass is 16.2. The summed E-state index contributed by atoms with van der Waals surface area (Å²) in [4.78, 5) is 11.0. The molecule has 0 heterocycles. The number of rotatable bonds is 5. The fraction of sp³-hybridized carbons (Fsp3) is 0.960. The number of carbonyl (C=O) groups is 1. The summed E-state index contributed by atoms with van der Waals surface area (Å²) >= 11 is 0. The third kappa shape index (κ3) is 3.23. The van der Waals surface area contributed by atoms with E-state index in [1.165, 1.54) is 70.6 Å². The van der Waals surface area contributed by atoms with Crippen LogP contribution in [0.1, 0.15) is 97.8 Å². The zero-order valence-corrected chi connectivity index (χ0v) is 19.1. The number of nitrogens with two attached hydrogens (primary N) is 2. The van der Waals surface area contributed by atoms with Gasteiger partial charge in [0.1, 0.15) is 0 Å². The molecule has 0 radical (unpaired) electrons. The van der Waals surface area contributed by atoms with Gasteiger partial charge in [0.2, 0.25) is 0 Å². The van der Waals surface area contributed by atoms with Crippen molar-refractivity contribution >= 4 is 6.03 Å². The van der Waals surface area contributed by atoms with Crippen LogP contribution in [0.5, 0.6) is 0 Å². The number of primary amides is 1. The van der Waals surface area contributed by atoms with Crippen LogP contribution in [0.3, 0.4) is 0 Å². The zero-order valence-electron chi connectivity index (χ0n) is 19.1.